The maximum Gasteiger partial charge on any atom is 0.270 e. The van der Waals surface area contributed by atoms with Crippen LogP contribution >= 0.6 is 0 Å². The summed E-state index contributed by atoms with van der Waals surface area (Å²) in [7, 11) is 0. The van der Waals surface area contributed by atoms with Gasteiger partial charge in [0.15, 0.2) is 11.3 Å². The Morgan fingerprint density at radius 3 is 2.43 bits per heavy atom. The van der Waals surface area contributed by atoms with Gasteiger partial charge in [0, 0.05) is 29.1 Å². The molecule has 0 amide bonds. The van der Waals surface area contributed by atoms with Crippen molar-refractivity contribution >= 4 is 22.4 Å². The lowest BCUT2D eigenvalue weighted by atomic mass is 10.00. The van der Waals surface area contributed by atoms with E-state index in [9.17, 15) is 10.1 Å². The monoisotopic (exact) mass is 395 g/mol. The lowest BCUT2D eigenvalue weighted by Crippen LogP contribution is -1.97. The van der Waals surface area contributed by atoms with Gasteiger partial charge in [-0.25, -0.2) is 14.5 Å². The molecular weight excluding hydrogens is 378 g/mol. The summed E-state index contributed by atoms with van der Waals surface area (Å²) in [6.07, 6.45) is 0. The van der Waals surface area contributed by atoms with Crippen LogP contribution in [-0.4, -0.2) is 24.5 Å². The standard InChI is InChI=1S/C23H17N5O2/c1-14-11-15(2)27-23(24-14)21-19(17-9-6-10-18(12-17)28(29)30)13-20(25-22(21)26-27)16-7-4-3-5-8-16/h3-13H,1-2H3. The third-order valence-corrected chi connectivity index (χ3v) is 5.09. The van der Waals surface area contributed by atoms with Crippen LogP contribution in [-0.2, 0) is 0 Å². The van der Waals surface area contributed by atoms with E-state index in [1.54, 1.807) is 16.6 Å². The van der Waals surface area contributed by atoms with Gasteiger partial charge >= 0.3 is 0 Å². The van der Waals surface area contributed by atoms with Crippen LogP contribution in [0.15, 0.2) is 66.7 Å². The van der Waals surface area contributed by atoms with Gasteiger partial charge in [-0.15, -0.1) is 5.10 Å². The molecule has 0 atom stereocenters. The van der Waals surface area contributed by atoms with Gasteiger partial charge in [-0.05, 0) is 37.1 Å². The summed E-state index contributed by atoms with van der Waals surface area (Å²) in [6.45, 7) is 3.91. The second kappa shape index (κ2) is 6.73. The summed E-state index contributed by atoms with van der Waals surface area (Å²) >= 11 is 0. The minimum atomic E-state index is -0.386. The molecule has 0 saturated carbocycles. The van der Waals surface area contributed by atoms with Crippen LogP contribution in [0.25, 0.3) is 39.1 Å². The van der Waals surface area contributed by atoms with E-state index in [0.29, 0.717) is 11.3 Å². The molecule has 0 aliphatic rings. The van der Waals surface area contributed by atoms with E-state index in [2.05, 4.69) is 0 Å². The second-order valence-electron chi connectivity index (χ2n) is 7.20. The first-order chi connectivity index (χ1) is 14.5. The summed E-state index contributed by atoms with van der Waals surface area (Å²) in [6, 6.07) is 20.4. The third-order valence-electron chi connectivity index (χ3n) is 5.09. The Hall–Kier alpha value is -4.13. The zero-order chi connectivity index (χ0) is 20.8. The second-order valence-corrected chi connectivity index (χ2v) is 7.20. The molecule has 0 aliphatic carbocycles. The van der Waals surface area contributed by atoms with Crippen LogP contribution < -0.4 is 0 Å². The van der Waals surface area contributed by atoms with Gasteiger partial charge in [-0.2, -0.15) is 0 Å². The van der Waals surface area contributed by atoms with Crippen molar-refractivity contribution in [2.75, 3.05) is 0 Å². The Kier molecular flexibility index (Phi) is 4.03. The molecule has 0 saturated heterocycles. The molecule has 3 aromatic heterocycles. The van der Waals surface area contributed by atoms with Crippen LogP contribution in [0.2, 0.25) is 0 Å². The quantitative estimate of drug-likeness (QED) is 0.312. The topological polar surface area (TPSA) is 86.2 Å². The van der Waals surface area contributed by atoms with Crippen molar-refractivity contribution < 1.29 is 4.92 Å². The lowest BCUT2D eigenvalue weighted by molar-refractivity contribution is -0.384. The molecule has 7 nitrogen and oxygen atoms in total. The molecule has 0 unspecified atom stereocenters. The molecule has 5 rings (SSSR count). The number of hydrogen-bond acceptors (Lipinski definition) is 5. The molecule has 0 bridgehead atoms. The zero-order valence-electron chi connectivity index (χ0n) is 16.4. The van der Waals surface area contributed by atoms with Gasteiger partial charge < -0.3 is 0 Å². The smallest absolute Gasteiger partial charge is 0.258 e. The van der Waals surface area contributed by atoms with E-state index >= 15 is 0 Å². The number of nitrogens with zero attached hydrogens (tertiary/aromatic N) is 5. The number of rotatable bonds is 3. The van der Waals surface area contributed by atoms with Crippen LogP contribution in [0, 0.1) is 24.0 Å². The number of fused-ring (bicyclic) bond motifs is 3. The Balaban J connectivity index is 1.90. The number of aryl methyl sites for hydroxylation is 2. The highest BCUT2D eigenvalue weighted by atomic mass is 16.6. The molecule has 0 radical (unpaired) electrons. The van der Waals surface area contributed by atoms with Crippen LogP contribution in [0.3, 0.4) is 0 Å². The first kappa shape index (κ1) is 17.9. The Morgan fingerprint density at radius 2 is 1.67 bits per heavy atom. The van der Waals surface area contributed by atoms with Gasteiger partial charge in [0.05, 0.1) is 16.0 Å². The first-order valence-electron chi connectivity index (χ1n) is 9.49. The molecule has 146 valence electrons. The predicted molar refractivity (Wildman–Crippen MR) is 115 cm³/mol. The summed E-state index contributed by atoms with van der Waals surface area (Å²) < 4.78 is 1.78. The number of non-ortho nitro benzene ring substituents is 1. The number of benzene rings is 2. The molecule has 0 fully saturated rings. The van der Waals surface area contributed by atoms with Gasteiger partial charge in [0.1, 0.15) is 0 Å². The van der Waals surface area contributed by atoms with E-state index in [4.69, 9.17) is 15.1 Å². The van der Waals surface area contributed by atoms with Gasteiger partial charge in [-0.1, -0.05) is 42.5 Å². The summed E-state index contributed by atoms with van der Waals surface area (Å²) in [4.78, 5) is 20.5. The number of nitro benzene ring substituents is 1. The molecule has 7 heteroatoms. The van der Waals surface area contributed by atoms with Crippen molar-refractivity contribution in [3.05, 3.63) is 88.2 Å². The number of hydrogen-bond donors (Lipinski definition) is 0. The zero-order valence-corrected chi connectivity index (χ0v) is 16.4. The first-order valence-corrected chi connectivity index (χ1v) is 9.49. The van der Waals surface area contributed by atoms with E-state index in [1.165, 1.54) is 6.07 Å². The van der Waals surface area contributed by atoms with Crippen molar-refractivity contribution in [3.63, 3.8) is 0 Å². The van der Waals surface area contributed by atoms with Crippen molar-refractivity contribution in [1.29, 1.82) is 0 Å². The van der Waals surface area contributed by atoms with E-state index in [1.807, 2.05) is 62.4 Å². The minimum absolute atomic E-state index is 0.0375. The average Bonchev–Trinajstić information content (AvgIpc) is 3.13. The fourth-order valence-electron chi connectivity index (χ4n) is 3.76. The Bertz CT molecular complexity index is 1440. The normalized spacial score (nSPS) is 11.3. The van der Waals surface area contributed by atoms with Crippen molar-refractivity contribution in [2.45, 2.75) is 13.8 Å². The maximum atomic E-state index is 11.4. The fraction of sp³-hybridized carbons (Fsp3) is 0.0870. The van der Waals surface area contributed by atoms with E-state index in [-0.39, 0.29) is 10.6 Å². The molecule has 5 aromatic rings. The van der Waals surface area contributed by atoms with Gasteiger partial charge in [0.25, 0.3) is 5.69 Å². The highest BCUT2D eigenvalue weighted by molar-refractivity contribution is 6.04. The number of nitro groups is 1. The van der Waals surface area contributed by atoms with E-state index in [0.717, 1.165) is 39.2 Å². The van der Waals surface area contributed by atoms with Crippen molar-refractivity contribution in [1.82, 2.24) is 19.6 Å². The molecule has 0 N–H and O–H groups in total. The van der Waals surface area contributed by atoms with Crippen LogP contribution in [0.5, 0.6) is 0 Å². The van der Waals surface area contributed by atoms with Gasteiger partial charge in [0.2, 0.25) is 0 Å². The highest BCUT2D eigenvalue weighted by Gasteiger charge is 2.19. The molecule has 30 heavy (non-hydrogen) atoms. The van der Waals surface area contributed by atoms with Crippen LogP contribution in [0.1, 0.15) is 11.4 Å². The lowest BCUT2D eigenvalue weighted by Gasteiger charge is -2.08. The number of aromatic nitrogens is 4. The molecule has 0 spiro atoms. The molecule has 2 aromatic carbocycles. The SMILES string of the molecule is Cc1cc(C)n2nc3nc(-c4ccccc4)cc(-c4cccc([N+](=O)[O-])c4)c3c2n1. The number of pyridine rings is 1. The van der Waals surface area contributed by atoms with Crippen molar-refractivity contribution in [2.24, 2.45) is 0 Å². The van der Waals surface area contributed by atoms with Crippen LogP contribution in [0.4, 0.5) is 5.69 Å². The Labute approximate surface area is 171 Å². The maximum absolute atomic E-state index is 11.4. The molecule has 0 aliphatic heterocycles. The molecule has 3 heterocycles. The fourth-order valence-corrected chi connectivity index (χ4v) is 3.76. The summed E-state index contributed by atoms with van der Waals surface area (Å²) in [5, 5.41) is 16.8. The van der Waals surface area contributed by atoms with Crippen molar-refractivity contribution in [3.8, 4) is 22.4 Å². The summed E-state index contributed by atoms with van der Waals surface area (Å²) in [5.74, 6) is 0. The summed E-state index contributed by atoms with van der Waals surface area (Å²) in [5.41, 5.74) is 6.34. The molecular formula is C23H17N5O2. The largest absolute Gasteiger partial charge is 0.270 e. The average molecular weight is 395 g/mol. The third kappa shape index (κ3) is 2.88. The predicted octanol–water partition coefficient (Wildman–Crippen LogP) is 5.14. The van der Waals surface area contributed by atoms with Gasteiger partial charge in [-0.3, -0.25) is 10.1 Å². The van der Waals surface area contributed by atoms with E-state index < -0.39 is 0 Å². The minimum Gasteiger partial charge on any atom is -0.258 e. The Morgan fingerprint density at radius 1 is 0.900 bits per heavy atom. The highest BCUT2D eigenvalue weighted by Crippen LogP contribution is 2.35.